The van der Waals surface area contributed by atoms with Gasteiger partial charge in [-0.15, -0.1) is 0 Å². The summed E-state index contributed by atoms with van der Waals surface area (Å²) in [6.45, 7) is 2.33. The molecule has 0 aliphatic carbocycles. The lowest BCUT2D eigenvalue weighted by Crippen LogP contribution is -2.46. The molecule has 0 spiro atoms. The van der Waals surface area contributed by atoms with Gasteiger partial charge in [0.15, 0.2) is 6.07 Å². The zero-order valence-corrected chi connectivity index (χ0v) is 11.4. The second-order valence-corrected chi connectivity index (χ2v) is 6.04. The van der Waals surface area contributed by atoms with E-state index in [1.807, 2.05) is 0 Å². The molecule has 5 nitrogen and oxygen atoms in total. The Labute approximate surface area is 112 Å². The van der Waals surface area contributed by atoms with Gasteiger partial charge >= 0.3 is 0 Å². The van der Waals surface area contributed by atoms with Crippen molar-refractivity contribution in [2.45, 2.75) is 4.90 Å². The number of halogens is 1. The van der Waals surface area contributed by atoms with Crippen LogP contribution in [0.3, 0.4) is 0 Å². The number of rotatable bonds is 4. The number of nitrogens with one attached hydrogen (secondary N) is 1. The van der Waals surface area contributed by atoms with E-state index in [9.17, 15) is 8.42 Å². The van der Waals surface area contributed by atoms with Crippen LogP contribution in [0, 0.1) is 0 Å². The molecule has 1 saturated heterocycles. The third-order valence-corrected chi connectivity index (χ3v) is 4.74. The molecule has 0 amide bonds. The summed E-state index contributed by atoms with van der Waals surface area (Å²) in [6, 6.07) is 6.39. The van der Waals surface area contributed by atoms with Crippen LogP contribution in [0.2, 0.25) is 0 Å². The summed E-state index contributed by atoms with van der Waals surface area (Å²) in [7, 11) is -3.43. The highest BCUT2D eigenvalue weighted by atomic mass is 35.5. The van der Waals surface area contributed by atoms with Gasteiger partial charge in [0.25, 0.3) is 0 Å². The van der Waals surface area contributed by atoms with Crippen molar-refractivity contribution in [2.75, 3.05) is 32.2 Å². The summed E-state index contributed by atoms with van der Waals surface area (Å²) < 4.78 is 31.3. The predicted molar refractivity (Wildman–Crippen MR) is 69.4 cm³/mol. The molecule has 1 aromatic carbocycles. The molecule has 2 rings (SSSR count). The Morgan fingerprint density at radius 3 is 2.72 bits per heavy atom. The first-order valence-corrected chi connectivity index (χ1v) is 7.62. The number of nitrogens with zero attached hydrogens (tertiary/aromatic N) is 1. The average Bonchev–Trinajstić information content (AvgIpc) is 2.40. The normalized spacial score (nSPS) is 17.6. The molecule has 100 valence electrons. The summed E-state index contributed by atoms with van der Waals surface area (Å²) in [5, 5.41) is 3.12. The Balaban J connectivity index is 2.25. The zero-order valence-electron chi connectivity index (χ0n) is 9.80. The van der Waals surface area contributed by atoms with Gasteiger partial charge < -0.3 is 10.1 Å². The SMILES string of the molecule is O=S(=O)(c1cccc(OCCl)c1)N1CCNCC1. The quantitative estimate of drug-likeness (QED) is 0.836. The maximum absolute atomic E-state index is 12.4. The fourth-order valence-electron chi connectivity index (χ4n) is 1.82. The lowest BCUT2D eigenvalue weighted by molar-refractivity contribution is 0.359. The minimum absolute atomic E-state index is 0.00284. The van der Waals surface area contributed by atoms with Gasteiger partial charge in [0, 0.05) is 32.2 Å². The van der Waals surface area contributed by atoms with Crippen molar-refractivity contribution in [3.63, 3.8) is 0 Å². The zero-order chi connectivity index (χ0) is 13.0. The highest BCUT2D eigenvalue weighted by Gasteiger charge is 2.25. The molecule has 1 heterocycles. The number of hydrogen-bond donors (Lipinski definition) is 1. The Bertz CT molecular complexity index is 501. The van der Waals surface area contributed by atoms with E-state index in [2.05, 4.69) is 5.32 Å². The molecule has 1 N–H and O–H groups in total. The van der Waals surface area contributed by atoms with Crippen molar-refractivity contribution in [1.82, 2.24) is 9.62 Å². The molecular formula is C11H15ClN2O3S. The van der Waals surface area contributed by atoms with Crippen molar-refractivity contribution in [3.05, 3.63) is 24.3 Å². The van der Waals surface area contributed by atoms with Crippen molar-refractivity contribution < 1.29 is 13.2 Å². The van der Waals surface area contributed by atoms with Gasteiger partial charge in [-0.05, 0) is 12.1 Å². The molecule has 0 aromatic heterocycles. The topological polar surface area (TPSA) is 58.6 Å². The maximum Gasteiger partial charge on any atom is 0.243 e. The van der Waals surface area contributed by atoms with Crippen LogP contribution >= 0.6 is 11.6 Å². The van der Waals surface area contributed by atoms with Gasteiger partial charge in [0.1, 0.15) is 5.75 Å². The number of alkyl halides is 1. The van der Waals surface area contributed by atoms with E-state index in [-0.39, 0.29) is 11.0 Å². The van der Waals surface area contributed by atoms with Crippen LogP contribution in [0.15, 0.2) is 29.2 Å². The first-order chi connectivity index (χ1) is 8.64. The maximum atomic E-state index is 12.4. The third kappa shape index (κ3) is 2.95. The molecule has 18 heavy (non-hydrogen) atoms. The van der Waals surface area contributed by atoms with Gasteiger partial charge in [-0.3, -0.25) is 0 Å². The summed E-state index contributed by atoms with van der Waals surface area (Å²) in [5.74, 6) is 0.459. The number of benzene rings is 1. The van der Waals surface area contributed by atoms with Crippen molar-refractivity contribution in [2.24, 2.45) is 0 Å². The van der Waals surface area contributed by atoms with Crippen molar-refractivity contribution in [3.8, 4) is 5.75 Å². The van der Waals surface area contributed by atoms with E-state index in [1.165, 1.54) is 10.4 Å². The van der Waals surface area contributed by atoms with Gasteiger partial charge in [0.2, 0.25) is 10.0 Å². The summed E-state index contributed by atoms with van der Waals surface area (Å²) in [4.78, 5) is 0.243. The summed E-state index contributed by atoms with van der Waals surface area (Å²) in [5.41, 5.74) is 0. The van der Waals surface area contributed by atoms with Gasteiger partial charge in [-0.2, -0.15) is 4.31 Å². The second kappa shape index (κ2) is 5.88. The molecular weight excluding hydrogens is 276 g/mol. The molecule has 1 aliphatic rings. The highest BCUT2D eigenvalue weighted by molar-refractivity contribution is 7.89. The number of piperazine rings is 1. The molecule has 1 aromatic rings. The van der Waals surface area contributed by atoms with E-state index in [0.29, 0.717) is 31.9 Å². The standard InChI is InChI=1S/C11H15ClN2O3S/c12-9-17-10-2-1-3-11(8-10)18(15,16)14-6-4-13-5-7-14/h1-3,8,13H,4-7,9H2. The van der Waals surface area contributed by atoms with Crippen LogP contribution in [0.1, 0.15) is 0 Å². The summed E-state index contributed by atoms with van der Waals surface area (Å²) >= 11 is 5.46. The van der Waals surface area contributed by atoms with Crippen LogP contribution in [-0.4, -0.2) is 45.0 Å². The first kappa shape index (κ1) is 13.6. The lowest BCUT2D eigenvalue weighted by atomic mass is 10.3. The Hall–Kier alpha value is -0.820. The third-order valence-electron chi connectivity index (χ3n) is 2.74. The van der Waals surface area contributed by atoms with Crippen LogP contribution in [0.25, 0.3) is 0 Å². The fraction of sp³-hybridized carbons (Fsp3) is 0.455. The van der Waals surface area contributed by atoms with Crippen LogP contribution in [-0.2, 0) is 10.0 Å². The van der Waals surface area contributed by atoms with Gasteiger partial charge in [-0.25, -0.2) is 8.42 Å². The Morgan fingerprint density at radius 2 is 2.06 bits per heavy atom. The number of ether oxygens (including phenoxy) is 1. The van der Waals surface area contributed by atoms with E-state index in [1.54, 1.807) is 18.2 Å². The van der Waals surface area contributed by atoms with E-state index in [4.69, 9.17) is 16.3 Å². The predicted octanol–water partition coefficient (Wildman–Crippen LogP) is 0.856. The lowest BCUT2D eigenvalue weighted by Gasteiger charge is -2.26. The number of hydrogen-bond acceptors (Lipinski definition) is 4. The van der Waals surface area contributed by atoms with Crippen molar-refractivity contribution >= 4 is 21.6 Å². The number of sulfonamides is 1. The minimum atomic E-state index is -3.43. The van der Waals surface area contributed by atoms with E-state index < -0.39 is 10.0 Å². The Morgan fingerprint density at radius 1 is 1.33 bits per heavy atom. The highest BCUT2D eigenvalue weighted by Crippen LogP contribution is 2.21. The Kier molecular flexibility index (Phi) is 4.45. The molecule has 0 unspecified atom stereocenters. The molecule has 1 aliphatic heterocycles. The monoisotopic (exact) mass is 290 g/mol. The molecule has 0 radical (unpaired) electrons. The van der Waals surface area contributed by atoms with Gasteiger partial charge in [-0.1, -0.05) is 17.7 Å². The fourth-order valence-corrected chi connectivity index (χ4v) is 3.42. The molecule has 0 saturated carbocycles. The molecule has 0 atom stereocenters. The van der Waals surface area contributed by atoms with Crippen molar-refractivity contribution in [1.29, 1.82) is 0 Å². The van der Waals surface area contributed by atoms with E-state index >= 15 is 0 Å². The van der Waals surface area contributed by atoms with Crippen LogP contribution in [0.5, 0.6) is 5.75 Å². The molecule has 1 fully saturated rings. The minimum Gasteiger partial charge on any atom is -0.478 e. The van der Waals surface area contributed by atoms with Crippen LogP contribution in [0.4, 0.5) is 0 Å². The first-order valence-electron chi connectivity index (χ1n) is 5.64. The van der Waals surface area contributed by atoms with Gasteiger partial charge in [0.05, 0.1) is 4.90 Å². The molecule has 0 bridgehead atoms. The average molecular weight is 291 g/mol. The molecule has 7 heteroatoms. The van der Waals surface area contributed by atoms with E-state index in [0.717, 1.165) is 0 Å². The summed E-state index contributed by atoms with van der Waals surface area (Å²) in [6.07, 6.45) is 0. The van der Waals surface area contributed by atoms with Crippen LogP contribution < -0.4 is 10.1 Å². The largest absolute Gasteiger partial charge is 0.478 e. The smallest absolute Gasteiger partial charge is 0.243 e. The second-order valence-electron chi connectivity index (χ2n) is 3.88.